The van der Waals surface area contributed by atoms with Gasteiger partial charge < -0.3 is 24.1 Å². The summed E-state index contributed by atoms with van der Waals surface area (Å²) in [5.74, 6) is 1.19. The van der Waals surface area contributed by atoms with Crippen molar-refractivity contribution < 1.29 is 23.4 Å². The molecular weight excluding hydrogens is 539 g/mol. The number of allylic oxidation sites excluding steroid dienone is 3. The first-order valence-electron chi connectivity index (χ1n) is 13.2. The van der Waals surface area contributed by atoms with Crippen molar-refractivity contribution in [1.29, 1.82) is 0 Å². The molecule has 1 fully saturated rings. The van der Waals surface area contributed by atoms with Gasteiger partial charge in [-0.2, -0.15) is 0 Å². The van der Waals surface area contributed by atoms with Crippen molar-refractivity contribution in [1.82, 2.24) is 14.9 Å². The van der Waals surface area contributed by atoms with E-state index in [0.29, 0.717) is 39.7 Å². The second kappa shape index (κ2) is 12.1. The average Bonchev–Trinajstić information content (AvgIpc) is 3.85. The van der Waals surface area contributed by atoms with Crippen molar-refractivity contribution >= 4 is 23.5 Å². The molecule has 4 aromatic rings. The Labute approximate surface area is 241 Å². The molecule has 1 aliphatic rings. The van der Waals surface area contributed by atoms with E-state index >= 15 is 0 Å². The van der Waals surface area contributed by atoms with Crippen LogP contribution in [0.5, 0.6) is 17.2 Å². The van der Waals surface area contributed by atoms with Crippen LogP contribution in [0.1, 0.15) is 36.2 Å². The molecule has 9 nitrogen and oxygen atoms in total. The highest BCUT2D eigenvalue weighted by Crippen LogP contribution is 2.36. The highest BCUT2D eigenvalue weighted by atomic mass is 19.1. The van der Waals surface area contributed by atoms with E-state index in [1.54, 1.807) is 64.0 Å². The number of carbonyl (C=O) groups is 1. The summed E-state index contributed by atoms with van der Waals surface area (Å²) in [5.41, 5.74) is 0.982. The Morgan fingerprint density at radius 3 is 2.45 bits per heavy atom. The zero-order chi connectivity index (χ0) is 29.8. The Bertz CT molecular complexity index is 1790. The number of nitrogens with one attached hydrogen (secondary N) is 1. The summed E-state index contributed by atoms with van der Waals surface area (Å²) in [5, 5.41) is 3.37. The van der Waals surface area contributed by atoms with Crippen molar-refractivity contribution in [2.75, 3.05) is 14.2 Å². The van der Waals surface area contributed by atoms with Gasteiger partial charge in [0.1, 0.15) is 28.7 Å². The molecule has 1 aliphatic carbocycles. The lowest BCUT2D eigenvalue weighted by Gasteiger charge is -2.13. The third-order valence-corrected chi connectivity index (χ3v) is 6.78. The van der Waals surface area contributed by atoms with Gasteiger partial charge in [-0.1, -0.05) is 12.1 Å². The summed E-state index contributed by atoms with van der Waals surface area (Å²) in [6.07, 6.45) is 9.92. The van der Waals surface area contributed by atoms with Crippen LogP contribution >= 0.6 is 0 Å². The minimum atomic E-state index is -0.634. The number of benzene rings is 2. The van der Waals surface area contributed by atoms with Crippen molar-refractivity contribution in [2.24, 2.45) is 4.99 Å². The second-order valence-electron chi connectivity index (χ2n) is 9.68. The maximum Gasteiger partial charge on any atom is 0.262 e. The summed E-state index contributed by atoms with van der Waals surface area (Å²) < 4.78 is 32.2. The summed E-state index contributed by atoms with van der Waals surface area (Å²) in [4.78, 5) is 34.9. The van der Waals surface area contributed by atoms with E-state index < -0.39 is 17.2 Å². The number of hydrogen-bond donors (Lipinski definition) is 1. The van der Waals surface area contributed by atoms with Crippen LogP contribution < -0.4 is 25.0 Å². The summed E-state index contributed by atoms with van der Waals surface area (Å²) in [6.45, 7) is 5.28. The molecule has 10 heteroatoms. The van der Waals surface area contributed by atoms with Crippen LogP contribution in [-0.2, 0) is 0 Å². The fourth-order valence-electron chi connectivity index (χ4n) is 4.44. The summed E-state index contributed by atoms with van der Waals surface area (Å²) in [7, 11) is 3.10. The number of fused-ring (bicyclic) bond motifs is 1. The molecule has 214 valence electrons. The second-order valence-corrected chi connectivity index (χ2v) is 9.68. The van der Waals surface area contributed by atoms with E-state index in [-0.39, 0.29) is 17.4 Å². The normalized spacial score (nSPS) is 13.5. The number of aromatic nitrogens is 2. The number of nitrogens with zero attached hydrogens (tertiary/aromatic N) is 3. The number of hydrogen-bond acceptors (Lipinski definition) is 7. The Morgan fingerprint density at radius 2 is 1.79 bits per heavy atom. The van der Waals surface area contributed by atoms with E-state index in [0.717, 1.165) is 18.2 Å². The van der Waals surface area contributed by atoms with Crippen molar-refractivity contribution in [2.45, 2.75) is 25.8 Å². The lowest BCUT2D eigenvalue weighted by molar-refractivity contribution is 0.0963. The van der Waals surface area contributed by atoms with Gasteiger partial charge in [-0.15, -0.1) is 0 Å². The number of amides is 1. The van der Waals surface area contributed by atoms with Crippen molar-refractivity contribution in [3.8, 4) is 28.4 Å². The Kier molecular flexibility index (Phi) is 8.14. The van der Waals surface area contributed by atoms with Crippen molar-refractivity contribution in [3.63, 3.8) is 0 Å². The minimum absolute atomic E-state index is 0.0529. The minimum Gasteiger partial charge on any atom is -0.493 e. The van der Waals surface area contributed by atoms with Crippen LogP contribution in [0.2, 0.25) is 0 Å². The highest BCUT2D eigenvalue weighted by Gasteiger charge is 2.26. The third-order valence-electron chi connectivity index (χ3n) is 6.78. The van der Waals surface area contributed by atoms with E-state index in [2.05, 4.69) is 22.0 Å². The number of halogens is 1. The fourth-order valence-corrected chi connectivity index (χ4v) is 4.44. The largest absolute Gasteiger partial charge is 0.493 e. The highest BCUT2D eigenvalue weighted by molar-refractivity contribution is 5.96. The molecule has 1 N–H and O–H groups in total. The Hall–Kier alpha value is -5.25. The lowest BCUT2D eigenvalue weighted by atomic mass is 10.0. The van der Waals surface area contributed by atoms with Crippen LogP contribution in [0.25, 0.3) is 22.0 Å². The number of methoxy groups -OCH3 is 2. The average molecular weight is 569 g/mol. The van der Waals surface area contributed by atoms with Gasteiger partial charge in [-0.25, -0.2) is 9.38 Å². The predicted octanol–water partition coefficient (Wildman–Crippen LogP) is 5.81. The van der Waals surface area contributed by atoms with Crippen molar-refractivity contribution in [3.05, 3.63) is 106 Å². The van der Waals surface area contributed by atoms with Gasteiger partial charge in [0.05, 0.1) is 19.7 Å². The van der Waals surface area contributed by atoms with E-state index in [1.165, 1.54) is 30.3 Å². The third kappa shape index (κ3) is 6.07. The van der Waals surface area contributed by atoms with Crippen LogP contribution in [0, 0.1) is 5.82 Å². The number of pyridine rings is 2. The maximum absolute atomic E-state index is 13.5. The molecule has 2 heterocycles. The molecule has 0 saturated heterocycles. The van der Waals surface area contributed by atoms with Gasteiger partial charge in [-0.05, 0) is 68.5 Å². The smallest absolute Gasteiger partial charge is 0.262 e. The molecule has 0 spiro atoms. The fraction of sp³-hybridized carbons (Fsp3) is 0.188. The SMILES string of the molecule is C=N/C(=C\C=C(/C)Oc1ccnc2cc(OC)c(OC)cc12)NC(=O)c1cn(C2CC2)cc(-c2ccc(F)cc2)c1=O. The van der Waals surface area contributed by atoms with Gasteiger partial charge in [0.2, 0.25) is 5.43 Å². The summed E-state index contributed by atoms with van der Waals surface area (Å²) in [6, 6.07) is 11.1. The van der Waals surface area contributed by atoms with Gasteiger partial charge in [-0.3, -0.25) is 14.6 Å². The standard InChI is InChI=1S/C32H29FN4O5/c1-19(42-27-13-14-35-26-16-29(41-4)28(40-3)15-23(26)27)5-12-30(34-2)36-32(39)25-18-37(22-10-11-22)17-24(31(25)38)20-6-8-21(33)9-7-20/h5-9,12-18,22H,2,10-11H2,1,3-4H3,(H,36,39)/b19-5+,30-12+. The predicted molar refractivity (Wildman–Crippen MR) is 159 cm³/mol. The van der Waals surface area contributed by atoms with Gasteiger partial charge in [0.15, 0.2) is 11.5 Å². The van der Waals surface area contributed by atoms with Gasteiger partial charge >= 0.3 is 0 Å². The zero-order valence-electron chi connectivity index (χ0n) is 23.4. The van der Waals surface area contributed by atoms with Crippen LogP contribution in [0.4, 0.5) is 4.39 Å². The van der Waals surface area contributed by atoms with Gasteiger partial charge in [0.25, 0.3) is 5.91 Å². The number of rotatable bonds is 10. The van der Waals surface area contributed by atoms with E-state index in [9.17, 15) is 14.0 Å². The van der Waals surface area contributed by atoms with Gasteiger partial charge in [0, 0.05) is 41.6 Å². The molecule has 1 amide bonds. The summed E-state index contributed by atoms with van der Waals surface area (Å²) >= 11 is 0. The number of aliphatic imine (C=N–C) groups is 1. The molecule has 2 aromatic carbocycles. The Balaban J connectivity index is 1.39. The molecule has 0 radical (unpaired) electrons. The first-order valence-corrected chi connectivity index (χ1v) is 13.2. The Morgan fingerprint density at radius 1 is 1.07 bits per heavy atom. The first kappa shape index (κ1) is 28.3. The first-order chi connectivity index (χ1) is 20.3. The number of carbonyl (C=O) groups excluding carboxylic acids is 1. The monoisotopic (exact) mass is 568 g/mol. The van der Waals surface area contributed by atoms with Crippen LogP contribution in [0.15, 0.2) is 94.6 Å². The lowest BCUT2D eigenvalue weighted by Crippen LogP contribution is -2.29. The van der Waals surface area contributed by atoms with Crippen LogP contribution in [0.3, 0.4) is 0 Å². The molecule has 2 aromatic heterocycles. The molecule has 0 aliphatic heterocycles. The zero-order valence-corrected chi connectivity index (χ0v) is 23.4. The van der Waals surface area contributed by atoms with E-state index in [4.69, 9.17) is 14.2 Å². The van der Waals surface area contributed by atoms with Crippen LogP contribution in [-0.4, -0.2) is 36.4 Å². The molecule has 0 unspecified atom stereocenters. The molecule has 5 rings (SSSR count). The number of ether oxygens (including phenoxy) is 3. The molecular formula is C32H29FN4O5. The quantitative estimate of drug-likeness (QED) is 0.147. The van der Waals surface area contributed by atoms with E-state index in [1.807, 2.05) is 4.57 Å². The molecule has 0 bridgehead atoms. The maximum atomic E-state index is 13.5. The molecule has 1 saturated carbocycles. The molecule has 42 heavy (non-hydrogen) atoms. The topological polar surface area (TPSA) is 104 Å². The molecule has 0 atom stereocenters.